The Morgan fingerprint density at radius 1 is 1.06 bits per heavy atom. The first-order valence-electron chi connectivity index (χ1n) is 11.8. The summed E-state index contributed by atoms with van der Waals surface area (Å²) in [5.41, 5.74) is 2.49. The van der Waals surface area contributed by atoms with Gasteiger partial charge in [0.1, 0.15) is 6.04 Å². The summed E-state index contributed by atoms with van der Waals surface area (Å²) in [6.07, 6.45) is 2.40. The lowest BCUT2D eigenvalue weighted by atomic mass is 9.99. The number of nitrogens with one attached hydrogen (secondary N) is 1. The monoisotopic (exact) mass is 498 g/mol. The third-order valence-electron chi connectivity index (χ3n) is 6.65. The normalized spacial score (nSPS) is 19.7. The van der Waals surface area contributed by atoms with E-state index in [9.17, 15) is 9.59 Å². The van der Waals surface area contributed by atoms with Crippen molar-refractivity contribution in [3.8, 4) is 0 Å². The van der Waals surface area contributed by atoms with Gasteiger partial charge in [0, 0.05) is 23.8 Å². The molecule has 1 N–H and O–H groups in total. The molecule has 0 radical (unpaired) electrons. The van der Waals surface area contributed by atoms with Gasteiger partial charge in [0.05, 0.1) is 12.1 Å². The van der Waals surface area contributed by atoms with E-state index in [-0.39, 0.29) is 18.2 Å². The molecule has 2 heterocycles. The summed E-state index contributed by atoms with van der Waals surface area (Å²) in [6, 6.07) is 14.0. The second-order valence-corrected chi connectivity index (χ2v) is 10.1. The van der Waals surface area contributed by atoms with Crippen LogP contribution in [0.3, 0.4) is 0 Å². The van der Waals surface area contributed by atoms with Gasteiger partial charge in [-0.1, -0.05) is 36.2 Å². The molecule has 0 saturated carbocycles. The summed E-state index contributed by atoms with van der Waals surface area (Å²) in [6.45, 7) is 7.83. The summed E-state index contributed by atoms with van der Waals surface area (Å²) < 4.78 is 0. The summed E-state index contributed by atoms with van der Waals surface area (Å²) in [7, 11) is 0. The zero-order valence-electron chi connectivity index (χ0n) is 19.7. The number of rotatable bonds is 7. The second-order valence-electron chi connectivity index (χ2n) is 9.28. The van der Waals surface area contributed by atoms with E-state index in [1.807, 2.05) is 36.1 Å². The number of anilines is 2. The van der Waals surface area contributed by atoms with E-state index in [1.54, 1.807) is 29.2 Å². The minimum atomic E-state index is -0.634. The lowest BCUT2D eigenvalue weighted by Crippen LogP contribution is -2.44. The predicted octanol–water partition coefficient (Wildman–Crippen LogP) is 4.71. The van der Waals surface area contributed by atoms with Gasteiger partial charge in [0.15, 0.2) is 5.11 Å². The molecular formula is C26H31ClN4O2S. The molecule has 0 aromatic heterocycles. The summed E-state index contributed by atoms with van der Waals surface area (Å²) in [5, 5.41) is 3.94. The number of aryl methyl sites for hydroxylation is 1. The van der Waals surface area contributed by atoms with Crippen LogP contribution in [-0.4, -0.2) is 58.9 Å². The summed E-state index contributed by atoms with van der Waals surface area (Å²) in [5.74, 6) is 0.366. The number of benzene rings is 2. The molecule has 1 atom stereocenters. The van der Waals surface area contributed by atoms with Gasteiger partial charge in [-0.05, 0) is 87.4 Å². The number of nitrogens with zero attached hydrogens (tertiary/aromatic N) is 3. The lowest BCUT2D eigenvalue weighted by Gasteiger charge is -2.32. The number of carbonyl (C=O) groups is 2. The molecule has 0 bridgehead atoms. The molecule has 6 nitrogen and oxygen atoms in total. The predicted molar refractivity (Wildman–Crippen MR) is 141 cm³/mol. The second kappa shape index (κ2) is 10.8. The fourth-order valence-electron chi connectivity index (χ4n) is 4.47. The van der Waals surface area contributed by atoms with Crippen LogP contribution in [0.25, 0.3) is 0 Å². The fraction of sp³-hybridized carbons (Fsp3) is 0.423. The topological polar surface area (TPSA) is 55.9 Å². The SMILES string of the molecule is Cc1ccc(N2C(=O)C(CC(=O)Nc3ccc(Cl)cc3)N(CCN3CCC(C)CC3)C2=S)cc1. The number of hydrogen-bond donors (Lipinski definition) is 1. The first kappa shape index (κ1) is 24.6. The first-order valence-corrected chi connectivity index (χ1v) is 12.6. The number of amides is 2. The van der Waals surface area contributed by atoms with Crippen LogP contribution in [0.4, 0.5) is 11.4 Å². The Morgan fingerprint density at radius 3 is 2.35 bits per heavy atom. The quantitative estimate of drug-likeness (QED) is 0.560. The average Bonchev–Trinajstić information content (AvgIpc) is 3.04. The van der Waals surface area contributed by atoms with Crippen LogP contribution in [0.1, 0.15) is 31.7 Å². The van der Waals surface area contributed by atoms with Crippen molar-refractivity contribution >= 4 is 52.1 Å². The minimum Gasteiger partial charge on any atom is -0.335 e. The van der Waals surface area contributed by atoms with Crippen LogP contribution >= 0.6 is 23.8 Å². The third-order valence-corrected chi connectivity index (χ3v) is 7.32. The Balaban J connectivity index is 1.50. The molecule has 2 fully saturated rings. The Labute approximate surface area is 211 Å². The summed E-state index contributed by atoms with van der Waals surface area (Å²) >= 11 is 11.7. The van der Waals surface area contributed by atoms with E-state index >= 15 is 0 Å². The molecule has 2 aliphatic heterocycles. The molecule has 34 heavy (non-hydrogen) atoms. The highest BCUT2D eigenvalue weighted by Gasteiger charge is 2.44. The van der Waals surface area contributed by atoms with Crippen LogP contribution in [-0.2, 0) is 9.59 Å². The van der Waals surface area contributed by atoms with Crippen molar-refractivity contribution < 1.29 is 9.59 Å². The van der Waals surface area contributed by atoms with Gasteiger partial charge in [-0.3, -0.25) is 14.5 Å². The third kappa shape index (κ3) is 5.77. The number of piperidine rings is 1. The lowest BCUT2D eigenvalue weighted by molar-refractivity contribution is -0.124. The highest BCUT2D eigenvalue weighted by Crippen LogP contribution is 2.28. The van der Waals surface area contributed by atoms with Crippen LogP contribution in [0.2, 0.25) is 5.02 Å². The minimum absolute atomic E-state index is 0.0288. The zero-order chi connectivity index (χ0) is 24.2. The number of carbonyl (C=O) groups excluding carboxylic acids is 2. The Kier molecular flexibility index (Phi) is 7.86. The number of hydrogen-bond acceptors (Lipinski definition) is 4. The fourth-order valence-corrected chi connectivity index (χ4v) is 5.01. The largest absolute Gasteiger partial charge is 0.335 e. The molecule has 2 aliphatic rings. The van der Waals surface area contributed by atoms with Crippen molar-refractivity contribution in [2.24, 2.45) is 5.92 Å². The van der Waals surface area contributed by atoms with E-state index < -0.39 is 6.04 Å². The molecule has 2 amide bonds. The molecular weight excluding hydrogens is 468 g/mol. The van der Waals surface area contributed by atoms with Crippen molar-refractivity contribution in [3.05, 3.63) is 59.1 Å². The van der Waals surface area contributed by atoms with E-state index in [0.717, 1.165) is 36.8 Å². The van der Waals surface area contributed by atoms with Crippen LogP contribution < -0.4 is 10.2 Å². The maximum Gasteiger partial charge on any atom is 0.256 e. The highest BCUT2D eigenvalue weighted by molar-refractivity contribution is 7.80. The smallest absolute Gasteiger partial charge is 0.256 e. The van der Waals surface area contributed by atoms with Crippen molar-refractivity contribution in [2.45, 2.75) is 39.2 Å². The molecule has 180 valence electrons. The standard InChI is InChI=1S/C26H31ClN4O2S/c1-18-3-9-22(10-4-18)31-25(33)23(17-24(32)28-21-7-5-20(27)6-8-21)30(26(31)34)16-15-29-13-11-19(2)12-14-29/h3-10,19,23H,11-17H2,1-2H3,(H,28,32). The van der Waals surface area contributed by atoms with Gasteiger partial charge in [0.25, 0.3) is 5.91 Å². The van der Waals surface area contributed by atoms with Crippen LogP contribution in [0.15, 0.2) is 48.5 Å². The molecule has 0 aliphatic carbocycles. The molecule has 2 saturated heterocycles. The molecule has 8 heteroatoms. The Morgan fingerprint density at radius 2 is 1.71 bits per heavy atom. The highest BCUT2D eigenvalue weighted by atomic mass is 35.5. The van der Waals surface area contributed by atoms with Gasteiger partial charge in [-0.25, -0.2) is 0 Å². The van der Waals surface area contributed by atoms with Gasteiger partial charge in [-0.2, -0.15) is 0 Å². The van der Waals surface area contributed by atoms with Crippen molar-refractivity contribution in [3.63, 3.8) is 0 Å². The molecule has 0 spiro atoms. The van der Waals surface area contributed by atoms with Gasteiger partial charge < -0.3 is 15.1 Å². The van der Waals surface area contributed by atoms with E-state index in [2.05, 4.69) is 17.1 Å². The van der Waals surface area contributed by atoms with Gasteiger partial charge in [-0.15, -0.1) is 0 Å². The number of halogens is 1. The van der Waals surface area contributed by atoms with E-state index in [4.69, 9.17) is 23.8 Å². The van der Waals surface area contributed by atoms with Crippen molar-refractivity contribution in [1.29, 1.82) is 0 Å². The molecule has 1 unspecified atom stereocenters. The van der Waals surface area contributed by atoms with Crippen LogP contribution in [0, 0.1) is 12.8 Å². The van der Waals surface area contributed by atoms with E-state index in [1.165, 1.54) is 12.8 Å². The summed E-state index contributed by atoms with van der Waals surface area (Å²) in [4.78, 5) is 32.3. The number of likely N-dealkylation sites (tertiary alicyclic amines) is 1. The maximum atomic E-state index is 13.5. The average molecular weight is 499 g/mol. The first-order chi connectivity index (χ1) is 16.3. The Hall–Kier alpha value is -2.48. The van der Waals surface area contributed by atoms with Gasteiger partial charge in [0.2, 0.25) is 5.91 Å². The Bertz CT molecular complexity index is 1040. The maximum absolute atomic E-state index is 13.5. The zero-order valence-corrected chi connectivity index (χ0v) is 21.2. The number of thiocarbonyl (C=S) groups is 1. The van der Waals surface area contributed by atoms with E-state index in [0.29, 0.717) is 22.4 Å². The van der Waals surface area contributed by atoms with Crippen molar-refractivity contribution in [1.82, 2.24) is 9.80 Å². The van der Waals surface area contributed by atoms with Crippen LogP contribution in [0.5, 0.6) is 0 Å². The molecule has 2 aromatic rings. The molecule has 2 aromatic carbocycles. The molecule has 4 rings (SSSR count). The van der Waals surface area contributed by atoms with Crippen molar-refractivity contribution in [2.75, 3.05) is 36.4 Å². The van der Waals surface area contributed by atoms with Gasteiger partial charge >= 0.3 is 0 Å².